The van der Waals surface area contributed by atoms with Crippen molar-refractivity contribution < 1.29 is 12.8 Å². The van der Waals surface area contributed by atoms with Crippen molar-refractivity contribution in [3.63, 3.8) is 0 Å². The normalized spacial score (nSPS) is 13.7. The van der Waals surface area contributed by atoms with Crippen molar-refractivity contribution in [1.82, 2.24) is 5.32 Å². The molecule has 0 saturated carbocycles. The Balaban J connectivity index is 2.54. The molecular weight excluding hydrogens is 250 g/mol. The van der Waals surface area contributed by atoms with Crippen LogP contribution in [-0.4, -0.2) is 26.5 Å². The van der Waals surface area contributed by atoms with Gasteiger partial charge < -0.3 is 9.73 Å². The SMILES string of the molecule is CCNC(CCCS(=O)(=O)CC)c1coc(C)c1. The average molecular weight is 273 g/mol. The van der Waals surface area contributed by atoms with Crippen LogP contribution in [0.3, 0.4) is 0 Å². The molecule has 0 aliphatic heterocycles. The topological polar surface area (TPSA) is 59.3 Å². The van der Waals surface area contributed by atoms with Gasteiger partial charge in [0.1, 0.15) is 15.6 Å². The average Bonchev–Trinajstić information content (AvgIpc) is 2.74. The second-order valence-electron chi connectivity index (χ2n) is 4.48. The lowest BCUT2D eigenvalue weighted by Crippen LogP contribution is -2.21. The summed E-state index contributed by atoms with van der Waals surface area (Å²) in [6.45, 7) is 6.50. The third-order valence-electron chi connectivity index (χ3n) is 2.99. The Hall–Kier alpha value is -0.810. The second-order valence-corrected chi connectivity index (χ2v) is 6.95. The predicted octanol–water partition coefficient (Wildman–Crippen LogP) is 2.45. The van der Waals surface area contributed by atoms with E-state index in [1.165, 1.54) is 0 Å². The fourth-order valence-electron chi connectivity index (χ4n) is 1.93. The Morgan fingerprint density at radius 3 is 2.61 bits per heavy atom. The lowest BCUT2D eigenvalue weighted by atomic mass is 10.1. The first kappa shape index (κ1) is 15.2. The van der Waals surface area contributed by atoms with Gasteiger partial charge in [-0.2, -0.15) is 0 Å². The van der Waals surface area contributed by atoms with E-state index in [1.807, 2.05) is 19.9 Å². The summed E-state index contributed by atoms with van der Waals surface area (Å²) in [6.07, 6.45) is 3.24. The lowest BCUT2D eigenvalue weighted by Gasteiger charge is -2.15. The van der Waals surface area contributed by atoms with Gasteiger partial charge in [-0.3, -0.25) is 0 Å². The van der Waals surface area contributed by atoms with Crippen molar-refractivity contribution in [2.45, 2.75) is 39.7 Å². The lowest BCUT2D eigenvalue weighted by molar-refractivity contribution is 0.490. The number of furan rings is 1. The Morgan fingerprint density at radius 1 is 1.39 bits per heavy atom. The van der Waals surface area contributed by atoms with Crippen LogP contribution in [0.15, 0.2) is 16.7 Å². The molecule has 1 aromatic heterocycles. The summed E-state index contributed by atoms with van der Waals surface area (Å²) < 4.78 is 28.2. The van der Waals surface area contributed by atoms with E-state index in [4.69, 9.17) is 4.42 Å². The molecule has 0 bridgehead atoms. The molecule has 1 N–H and O–H groups in total. The van der Waals surface area contributed by atoms with Gasteiger partial charge in [0.15, 0.2) is 0 Å². The van der Waals surface area contributed by atoms with E-state index in [0.29, 0.717) is 6.42 Å². The van der Waals surface area contributed by atoms with E-state index in [-0.39, 0.29) is 17.5 Å². The number of hydrogen-bond acceptors (Lipinski definition) is 4. The highest BCUT2D eigenvalue weighted by atomic mass is 32.2. The number of aryl methyl sites for hydroxylation is 1. The molecule has 5 heteroatoms. The fourth-order valence-corrected chi connectivity index (χ4v) is 2.83. The van der Waals surface area contributed by atoms with Crippen molar-refractivity contribution in [2.75, 3.05) is 18.1 Å². The summed E-state index contributed by atoms with van der Waals surface area (Å²) in [5, 5.41) is 3.36. The van der Waals surface area contributed by atoms with Gasteiger partial charge in [0.05, 0.1) is 12.0 Å². The molecule has 1 aromatic rings. The second kappa shape index (κ2) is 6.95. The van der Waals surface area contributed by atoms with E-state index in [9.17, 15) is 8.42 Å². The van der Waals surface area contributed by atoms with Gasteiger partial charge in [0.25, 0.3) is 0 Å². The van der Waals surface area contributed by atoms with Crippen molar-refractivity contribution in [3.05, 3.63) is 23.7 Å². The van der Waals surface area contributed by atoms with E-state index < -0.39 is 9.84 Å². The molecule has 0 amide bonds. The number of sulfone groups is 1. The Kier molecular flexibility index (Phi) is 5.88. The smallest absolute Gasteiger partial charge is 0.150 e. The zero-order valence-corrected chi connectivity index (χ0v) is 12.2. The summed E-state index contributed by atoms with van der Waals surface area (Å²) in [5.74, 6) is 1.38. The summed E-state index contributed by atoms with van der Waals surface area (Å²) in [7, 11) is -2.86. The molecule has 4 nitrogen and oxygen atoms in total. The van der Waals surface area contributed by atoms with E-state index in [2.05, 4.69) is 5.32 Å². The zero-order valence-electron chi connectivity index (χ0n) is 11.4. The molecule has 0 aliphatic rings. The maximum atomic E-state index is 11.4. The van der Waals surface area contributed by atoms with E-state index >= 15 is 0 Å². The highest BCUT2D eigenvalue weighted by Gasteiger charge is 2.14. The van der Waals surface area contributed by atoms with Crippen LogP contribution in [0.1, 0.15) is 44.1 Å². The minimum absolute atomic E-state index is 0.180. The Morgan fingerprint density at radius 2 is 2.11 bits per heavy atom. The summed E-state index contributed by atoms with van der Waals surface area (Å²) >= 11 is 0. The zero-order chi connectivity index (χ0) is 13.6. The summed E-state index contributed by atoms with van der Waals surface area (Å²) in [4.78, 5) is 0. The first-order chi connectivity index (χ1) is 8.48. The molecule has 1 unspecified atom stereocenters. The van der Waals surface area contributed by atoms with Crippen molar-refractivity contribution >= 4 is 9.84 Å². The molecular formula is C13H23NO3S. The Bertz CT molecular complexity index is 451. The molecule has 1 rings (SSSR count). The van der Waals surface area contributed by atoms with Gasteiger partial charge in [-0.1, -0.05) is 13.8 Å². The minimum Gasteiger partial charge on any atom is -0.469 e. The van der Waals surface area contributed by atoms with Crippen LogP contribution in [0.5, 0.6) is 0 Å². The minimum atomic E-state index is -2.86. The molecule has 0 aliphatic carbocycles. The third-order valence-corrected chi connectivity index (χ3v) is 4.78. The number of hydrogen-bond donors (Lipinski definition) is 1. The van der Waals surface area contributed by atoms with Gasteiger partial charge >= 0.3 is 0 Å². The van der Waals surface area contributed by atoms with E-state index in [0.717, 1.165) is 24.3 Å². The van der Waals surface area contributed by atoms with Crippen LogP contribution in [0, 0.1) is 6.92 Å². The number of rotatable bonds is 8. The monoisotopic (exact) mass is 273 g/mol. The first-order valence-electron chi connectivity index (χ1n) is 6.47. The quantitative estimate of drug-likeness (QED) is 0.790. The summed E-state index contributed by atoms with van der Waals surface area (Å²) in [5.41, 5.74) is 1.10. The van der Waals surface area contributed by atoms with Crippen molar-refractivity contribution in [2.24, 2.45) is 0 Å². The van der Waals surface area contributed by atoms with Crippen LogP contribution < -0.4 is 5.32 Å². The van der Waals surface area contributed by atoms with Crippen LogP contribution in [0.2, 0.25) is 0 Å². The van der Waals surface area contributed by atoms with Gasteiger partial charge in [-0.15, -0.1) is 0 Å². The fraction of sp³-hybridized carbons (Fsp3) is 0.692. The standard InChI is InChI=1S/C13H23NO3S/c1-4-14-13(12-9-11(3)17-10-12)7-6-8-18(15,16)5-2/h9-10,13-14H,4-8H2,1-3H3. The number of nitrogens with one attached hydrogen (secondary N) is 1. The molecule has 0 spiro atoms. The molecule has 104 valence electrons. The predicted molar refractivity (Wildman–Crippen MR) is 73.4 cm³/mol. The van der Waals surface area contributed by atoms with Gasteiger partial charge in [0, 0.05) is 17.4 Å². The highest BCUT2D eigenvalue weighted by molar-refractivity contribution is 7.91. The van der Waals surface area contributed by atoms with Crippen molar-refractivity contribution in [3.8, 4) is 0 Å². The first-order valence-corrected chi connectivity index (χ1v) is 8.29. The third kappa shape index (κ3) is 4.82. The van der Waals surface area contributed by atoms with Crippen LogP contribution in [-0.2, 0) is 9.84 Å². The molecule has 0 aromatic carbocycles. The molecule has 1 atom stereocenters. The van der Waals surface area contributed by atoms with Crippen molar-refractivity contribution in [1.29, 1.82) is 0 Å². The van der Waals surface area contributed by atoms with Gasteiger partial charge in [-0.25, -0.2) is 8.42 Å². The van der Waals surface area contributed by atoms with Crippen LogP contribution >= 0.6 is 0 Å². The molecule has 0 fully saturated rings. The molecule has 0 saturated heterocycles. The molecule has 18 heavy (non-hydrogen) atoms. The van der Waals surface area contributed by atoms with Gasteiger partial charge in [0.2, 0.25) is 0 Å². The van der Waals surface area contributed by atoms with Crippen LogP contribution in [0.25, 0.3) is 0 Å². The van der Waals surface area contributed by atoms with E-state index in [1.54, 1.807) is 13.2 Å². The van der Waals surface area contributed by atoms with Gasteiger partial charge in [-0.05, 0) is 32.4 Å². The Labute approximate surface area is 110 Å². The maximum absolute atomic E-state index is 11.4. The maximum Gasteiger partial charge on any atom is 0.150 e. The summed E-state index contributed by atoms with van der Waals surface area (Å²) in [6, 6.07) is 2.18. The highest BCUT2D eigenvalue weighted by Crippen LogP contribution is 2.21. The molecule has 1 heterocycles. The largest absolute Gasteiger partial charge is 0.469 e. The molecule has 0 radical (unpaired) electrons. The van der Waals surface area contributed by atoms with Crippen LogP contribution in [0.4, 0.5) is 0 Å².